The molecule has 0 aliphatic rings. The van der Waals surface area contributed by atoms with Gasteiger partial charge in [0.2, 0.25) is 0 Å². The average molecular weight is 306 g/mol. The van der Waals surface area contributed by atoms with E-state index in [1.807, 2.05) is 12.1 Å². The van der Waals surface area contributed by atoms with E-state index in [1.54, 1.807) is 6.33 Å². The standard InChI is InChI=1S/C19H22N4/c1-3-11-20-16-9-7-15(8-10-16)12-21-19-18-14(2)5-4-6-17(18)22-13-23-19/h4-10,13,20H,3,11-12H2,1-2H3,(H,21,22,23). The maximum atomic E-state index is 4.41. The molecule has 1 heterocycles. The summed E-state index contributed by atoms with van der Waals surface area (Å²) in [6.45, 7) is 6.00. The smallest absolute Gasteiger partial charge is 0.137 e. The van der Waals surface area contributed by atoms with Gasteiger partial charge in [-0.25, -0.2) is 9.97 Å². The van der Waals surface area contributed by atoms with Crippen molar-refractivity contribution in [3.8, 4) is 0 Å². The molecule has 0 radical (unpaired) electrons. The third-order valence-corrected chi connectivity index (χ3v) is 3.86. The van der Waals surface area contributed by atoms with Crippen molar-refractivity contribution in [2.75, 3.05) is 17.2 Å². The Morgan fingerprint density at radius 3 is 2.57 bits per heavy atom. The summed E-state index contributed by atoms with van der Waals surface area (Å²) in [7, 11) is 0. The number of aromatic nitrogens is 2. The van der Waals surface area contributed by atoms with E-state index in [2.05, 4.69) is 64.8 Å². The zero-order chi connectivity index (χ0) is 16.1. The molecule has 3 aromatic rings. The summed E-state index contributed by atoms with van der Waals surface area (Å²) >= 11 is 0. The minimum atomic E-state index is 0.745. The molecule has 2 aromatic carbocycles. The Hall–Kier alpha value is -2.62. The quantitative estimate of drug-likeness (QED) is 0.710. The van der Waals surface area contributed by atoms with Gasteiger partial charge in [-0.2, -0.15) is 0 Å². The highest BCUT2D eigenvalue weighted by Crippen LogP contribution is 2.23. The summed E-state index contributed by atoms with van der Waals surface area (Å²) in [5.74, 6) is 0.890. The molecule has 0 atom stereocenters. The Balaban J connectivity index is 1.73. The molecule has 0 amide bonds. The number of nitrogens with zero attached hydrogens (tertiary/aromatic N) is 2. The molecular formula is C19H22N4. The lowest BCUT2D eigenvalue weighted by Gasteiger charge is -2.11. The maximum Gasteiger partial charge on any atom is 0.137 e. The average Bonchev–Trinajstić information content (AvgIpc) is 2.59. The van der Waals surface area contributed by atoms with Gasteiger partial charge in [0, 0.05) is 24.2 Å². The highest BCUT2D eigenvalue weighted by Gasteiger charge is 2.05. The second kappa shape index (κ2) is 7.09. The summed E-state index contributed by atoms with van der Waals surface area (Å²) in [4.78, 5) is 8.74. The van der Waals surface area contributed by atoms with E-state index in [4.69, 9.17) is 0 Å². The van der Waals surface area contributed by atoms with Crippen LogP contribution in [0.1, 0.15) is 24.5 Å². The Morgan fingerprint density at radius 1 is 0.957 bits per heavy atom. The van der Waals surface area contributed by atoms with Crippen molar-refractivity contribution in [1.29, 1.82) is 0 Å². The fourth-order valence-corrected chi connectivity index (χ4v) is 2.61. The third kappa shape index (κ3) is 3.59. The normalized spacial score (nSPS) is 10.7. The van der Waals surface area contributed by atoms with Gasteiger partial charge in [0.25, 0.3) is 0 Å². The molecule has 23 heavy (non-hydrogen) atoms. The number of hydrogen-bond donors (Lipinski definition) is 2. The molecule has 0 bridgehead atoms. The van der Waals surface area contributed by atoms with Crippen LogP contribution in [0.2, 0.25) is 0 Å². The molecule has 3 rings (SSSR count). The topological polar surface area (TPSA) is 49.8 Å². The largest absolute Gasteiger partial charge is 0.385 e. The second-order valence-electron chi connectivity index (χ2n) is 5.67. The number of anilines is 2. The molecule has 4 heteroatoms. The first kappa shape index (κ1) is 15.3. The van der Waals surface area contributed by atoms with Gasteiger partial charge in [0.1, 0.15) is 12.1 Å². The van der Waals surface area contributed by atoms with Crippen molar-refractivity contribution in [2.24, 2.45) is 0 Å². The predicted molar refractivity (Wildman–Crippen MR) is 96.8 cm³/mol. The van der Waals surface area contributed by atoms with Gasteiger partial charge in [-0.3, -0.25) is 0 Å². The molecule has 1 aromatic heterocycles. The molecule has 2 N–H and O–H groups in total. The Morgan fingerprint density at radius 2 is 1.78 bits per heavy atom. The number of benzene rings is 2. The number of nitrogens with one attached hydrogen (secondary N) is 2. The van der Waals surface area contributed by atoms with Crippen LogP contribution in [0, 0.1) is 6.92 Å². The van der Waals surface area contributed by atoms with Crippen molar-refractivity contribution in [3.05, 3.63) is 59.9 Å². The van der Waals surface area contributed by atoms with Crippen LogP contribution in [-0.2, 0) is 6.54 Å². The lowest BCUT2D eigenvalue weighted by Crippen LogP contribution is -2.04. The van der Waals surface area contributed by atoms with Gasteiger partial charge in [0.05, 0.1) is 5.52 Å². The molecule has 0 saturated carbocycles. The molecule has 4 nitrogen and oxygen atoms in total. The highest BCUT2D eigenvalue weighted by molar-refractivity contribution is 5.91. The van der Waals surface area contributed by atoms with Crippen molar-refractivity contribution in [3.63, 3.8) is 0 Å². The Labute approximate surface area is 137 Å². The predicted octanol–water partition coefficient (Wildman–Crippen LogP) is 4.37. The number of aryl methyl sites for hydroxylation is 1. The first-order chi connectivity index (χ1) is 11.3. The van der Waals surface area contributed by atoms with Crippen LogP contribution in [0.15, 0.2) is 48.8 Å². The third-order valence-electron chi connectivity index (χ3n) is 3.86. The van der Waals surface area contributed by atoms with E-state index < -0.39 is 0 Å². The molecule has 0 saturated heterocycles. The van der Waals surface area contributed by atoms with Gasteiger partial charge >= 0.3 is 0 Å². The number of fused-ring (bicyclic) bond motifs is 1. The molecular weight excluding hydrogens is 284 g/mol. The van der Waals surface area contributed by atoms with E-state index in [1.165, 1.54) is 16.8 Å². The maximum absolute atomic E-state index is 4.41. The van der Waals surface area contributed by atoms with Crippen molar-refractivity contribution >= 4 is 22.4 Å². The fourth-order valence-electron chi connectivity index (χ4n) is 2.61. The zero-order valence-corrected chi connectivity index (χ0v) is 13.6. The molecule has 0 unspecified atom stereocenters. The van der Waals surface area contributed by atoms with Gasteiger partial charge < -0.3 is 10.6 Å². The first-order valence-electron chi connectivity index (χ1n) is 8.05. The zero-order valence-electron chi connectivity index (χ0n) is 13.6. The Kier molecular flexibility index (Phi) is 4.71. The summed E-state index contributed by atoms with van der Waals surface area (Å²) in [6.07, 6.45) is 2.74. The van der Waals surface area contributed by atoms with E-state index in [-0.39, 0.29) is 0 Å². The molecule has 0 fully saturated rings. The summed E-state index contributed by atoms with van der Waals surface area (Å²) in [5, 5.41) is 7.92. The molecule has 0 aliphatic heterocycles. The van der Waals surface area contributed by atoms with Crippen molar-refractivity contribution in [1.82, 2.24) is 9.97 Å². The number of rotatable bonds is 6. The molecule has 118 valence electrons. The van der Waals surface area contributed by atoms with E-state index in [0.717, 1.165) is 36.2 Å². The van der Waals surface area contributed by atoms with E-state index >= 15 is 0 Å². The van der Waals surface area contributed by atoms with Crippen LogP contribution in [0.25, 0.3) is 10.9 Å². The van der Waals surface area contributed by atoms with E-state index in [9.17, 15) is 0 Å². The van der Waals surface area contributed by atoms with Gasteiger partial charge in [-0.15, -0.1) is 0 Å². The summed E-state index contributed by atoms with van der Waals surface area (Å²) in [5.41, 5.74) is 4.55. The SMILES string of the molecule is CCCNc1ccc(CNc2ncnc3cccc(C)c23)cc1. The monoisotopic (exact) mass is 306 g/mol. The lowest BCUT2D eigenvalue weighted by molar-refractivity contribution is 0.979. The first-order valence-corrected chi connectivity index (χ1v) is 8.05. The summed E-state index contributed by atoms with van der Waals surface area (Å²) in [6, 6.07) is 14.7. The molecule has 0 aliphatic carbocycles. The van der Waals surface area contributed by atoms with Crippen LogP contribution in [0.5, 0.6) is 0 Å². The van der Waals surface area contributed by atoms with Crippen LogP contribution in [-0.4, -0.2) is 16.5 Å². The fraction of sp³-hybridized carbons (Fsp3) is 0.263. The molecule has 0 spiro atoms. The lowest BCUT2D eigenvalue weighted by atomic mass is 10.1. The minimum absolute atomic E-state index is 0.745. The van der Waals surface area contributed by atoms with Gasteiger partial charge in [-0.1, -0.05) is 31.2 Å². The minimum Gasteiger partial charge on any atom is -0.385 e. The van der Waals surface area contributed by atoms with Crippen LogP contribution in [0.4, 0.5) is 11.5 Å². The highest BCUT2D eigenvalue weighted by atomic mass is 15.0. The van der Waals surface area contributed by atoms with Gasteiger partial charge in [0.15, 0.2) is 0 Å². The van der Waals surface area contributed by atoms with Crippen LogP contribution >= 0.6 is 0 Å². The van der Waals surface area contributed by atoms with Crippen LogP contribution in [0.3, 0.4) is 0 Å². The van der Waals surface area contributed by atoms with Crippen molar-refractivity contribution in [2.45, 2.75) is 26.8 Å². The van der Waals surface area contributed by atoms with E-state index in [0.29, 0.717) is 0 Å². The summed E-state index contributed by atoms with van der Waals surface area (Å²) < 4.78 is 0. The number of hydrogen-bond acceptors (Lipinski definition) is 4. The van der Waals surface area contributed by atoms with Gasteiger partial charge in [-0.05, 0) is 42.7 Å². The van der Waals surface area contributed by atoms with Crippen molar-refractivity contribution < 1.29 is 0 Å². The van der Waals surface area contributed by atoms with Crippen LogP contribution < -0.4 is 10.6 Å². The second-order valence-corrected chi connectivity index (χ2v) is 5.67. The Bertz CT molecular complexity index is 776.